The third kappa shape index (κ3) is 2.99. The summed E-state index contributed by atoms with van der Waals surface area (Å²) in [5.74, 6) is 1.29. The zero-order valence-electron chi connectivity index (χ0n) is 8.41. The summed E-state index contributed by atoms with van der Waals surface area (Å²) in [5, 5.41) is 8.96. The standard InChI is InChI=1S/C10H8BrClN2OS/c1-6-13-14-10(15-6)16-5-7-2-3-8(11)4-9(7)12/h2-4H,5H2,1H3. The predicted octanol–water partition coefficient (Wildman–Crippen LogP) is 4.09. The molecule has 2 aromatic rings. The number of aryl methyl sites for hydroxylation is 1. The fraction of sp³-hybridized carbons (Fsp3) is 0.200. The van der Waals surface area contributed by atoms with E-state index in [-0.39, 0.29) is 0 Å². The summed E-state index contributed by atoms with van der Waals surface area (Å²) >= 11 is 10.9. The van der Waals surface area contributed by atoms with E-state index in [1.54, 1.807) is 6.92 Å². The number of aromatic nitrogens is 2. The topological polar surface area (TPSA) is 38.9 Å². The van der Waals surface area contributed by atoms with Crippen LogP contribution in [0, 0.1) is 6.92 Å². The van der Waals surface area contributed by atoms with Crippen molar-refractivity contribution in [2.45, 2.75) is 17.9 Å². The van der Waals surface area contributed by atoms with Crippen LogP contribution in [-0.4, -0.2) is 10.2 Å². The maximum atomic E-state index is 6.09. The lowest BCUT2D eigenvalue weighted by atomic mass is 10.2. The first-order valence-corrected chi connectivity index (χ1v) is 6.67. The van der Waals surface area contributed by atoms with Gasteiger partial charge in [-0.15, -0.1) is 10.2 Å². The number of hydrogen-bond acceptors (Lipinski definition) is 4. The average Bonchev–Trinajstić information content (AvgIpc) is 2.63. The minimum Gasteiger partial charge on any atom is -0.416 e. The van der Waals surface area contributed by atoms with Gasteiger partial charge in [-0.2, -0.15) is 0 Å². The Balaban J connectivity index is 2.04. The Morgan fingerprint density at radius 1 is 1.44 bits per heavy atom. The van der Waals surface area contributed by atoms with E-state index in [1.165, 1.54) is 11.8 Å². The largest absolute Gasteiger partial charge is 0.416 e. The van der Waals surface area contributed by atoms with Gasteiger partial charge >= 0.3 is 0 Å². The van der Waals surface area contributed by atoms with E-state index in [0.29, 0.717) is 16.9 Å². The average molecular weight is 320 g/mol. The van der Waals surface area contributed by atoms with Crippen LogP contribution in [0.4, 0.5) is 0 Å². The van der Waals surface area contributed by atoms with Crippen LogP contribution < -0.4 is 0 Å². The molecule has 16 heavy (non-hydrogen) atoms. The van der Waals surface area contributed by atoms with E-state index >= 15 is 0 Å². The predicted molar refractivity (Wildman–Crippen MR) is 67.7 cm³/mol. The van der Waals surface area contributed by atoms with Crippen LogP contribution in [0.5, 0.6) is 0 Å². The van der Waals surface area contributed by atoms with Crippen molar-refractivity contribution in [3.63, 3.8) is 0 Å². The first-order valence-electron chi connectivity index (χ1n) is 4.52. The van der Waals surface area contributed by atoms with Crippen molar-refractivity contribution < 1.29 is 4.42 Å². The zero-order chi connectivity index (χ0) is 11.5. The molecule has 0 saturated heterocycles. The number of benzene rings is 1. The van der Waals surface area contributed by atoms with Crippen LogP contribution >= 0.6 is 39.3 Å². The normalized spacial score (nSPS) is 10.7. The van der Waals surface area contributed by atoms with E-state index in [2.05, 4.69) is 26.1 Å². The molecule has 1 aromatic heterocycles. The van der Waals surface area contributed by atoms with Gasteiger partial charge in [0.1, 0.15) is 0 Å². The molecule has 2 rings (SSSR count). The smallest absolute Gasteiger partial charge is 0.276 e. The molecule has 1 aromatic carbocycles. The van der Waals surface area contributed by atoms with Gasteiger partial charge in [-0.25, -0.2) is 0 Å². The molecule has 0 N–H and O–H groups in total. The van der Waals surface area contributed by atoms with Gasteiger partial charge in [-0.1, -0.05) is 45.4 Å². The van der Waals surface area contributed by atoms with Gasteiger partial charge in [0.05, 0.1) is 0 Å². The Kier molecular flexibility index (Phi) is 3.89. The van der Waals surface area contributed by atoms with E-state index in [0.717, 1.165) is 15.1 Å². The Morgan fingerprint density at radius 2 is 2.25 bits per heavy atom. The highest BCUT2D eigenvalue weighted by Crippen LogP contribution is 2.27. The van der Waals surface area contributed by atoms with Crippen LogP contribution in [0.25, 0.3) is 0 Å². The molecule has 0 radical (unpaired) electrons. The minimum absolute atomic E-state index is 0.566. The Bertz CT molecular complexity index is 503. The quantitative estimate of drug-likeness (QED) is 0.799. The molecule has 0 spiro atoms. The van der Waals surface area contributed by atoms with E-state index in [9.17, 15) is 0 Å². The lowest BCUT2D eigenvalue weighted by molar-refractivity contribution is 0.429. The van der Waals surface area contributed by atoms with Crippen LogP contribution in [0.15, 0.2) is 32.3 Å². The summed E-state index contributed by atoms with van der Waals surface area (Å²) < 4.78 is 6.23. The molecule has 0 bridgehead atoms. The van der Waals surface area contributed by atoms with Gasteiger partial charge < -0.3 is 4.42 Å². The summed E-state index contributed by atoms with van der Waals surface area (Å²) in [7, 11) is 0. The molecule has 0 amide bonds. The second kappa shape index (κ2) is 5.21. The van der Waals surface area contributed by atoms with Crippen molar-refractivity contribution >= 4 is 39.3 Å². The van der Waals surface area contributed by atoms with Crippen LogP contribution in [-0.2, 0) is 5.75 Å². The molecule has 1 heterocycles. The van der Waals surface area contributed by atoms with Crippen LogP contribution in [0.2, 0.25) is 5.02 Å². The lowest BCUT2D eigenvalue weighted by Crippen LogP contribution is -1.83. The minimum atomic E-state index is 0.566. The molecule has 84 valence electrons. The van der Waals surface area contributed by atoms with Crippen molar-refractivity contribution in [1.29, 1.82) is 0 Å². The fourth-order valence-electron chi connectivity index (χ4n) is 1.11. The molecule has 0 aliphatic heterocycles. The monoisotopic (exact) mass is 318 g/mol. The van der Waals surface area contributed by atoms with Gasteiger partial charge in [-0.05, 0) is 17.7 Å². The first kappa shape index (κ1) is 12.0. The maximum Gasteiger partial charge on any atom is 0.276 e. The molecule has 0 atom stereocenters. The molecule has 0 fully saturated rings. The molecule has 0 saturated carbocycles. The molecular formula is C10H8BrClN2OS. The van der Waals surface area contributed by atoms with E-state index < -0.39 is 0 Å². The molecule has 0 aliphatic rings. The first-order chi connectivity index (χ1) is 7.65. The molecule has 3 nitrogen and oxygen atoms in total. The van der Waals surface area contributed by atoms with Crippen molar-refractivity contribution in [2.75, 3.05) is 0 Å². The van der Waals surface area contributed by atoms with Crippen molar-refractivity contribution in [1.82, 2.24) is 10.2 Å². The second-order valence-electron chi connectivity index (χ2n) is 3.11. The number of halogens is 2. The van der Waals surface area contributed by atoms with Gasteiger partial charge in [0, 0.05) is 22.2 Å². The zero-order valence-corrected chi connectivity index (χ0v) is 11.6. The van der Waals surface area contributed by atoms with Gasteiger partial charge in [0.2, 0.25) is 5.89 Å². The molecule has 6 heteroatoms. The lowest BCUT2D eigenvalue weighted by Gasteiger charge is -2.02. The van der Waals surface area contributed by atoms with Crippen LogP contribution in [0.3, 0.4) is 0 Å². The van der Waals surface area contributed by atoms with Gasteiger partial charge in [0.25, 0.3) is 5.22 Å². The van der Waals surface area contributed by atoms with E-state index in [4.69, 9.17) is 16.0 Å². The number of rotatable bonds is 3. The fourth-order valence-corrected chi connectivity index (χ4v) is 2.74. The second-order valence-corrected chi connectivity index (χ2v) is 5.36. The maximum absolute atomic E-state index is 6.09. The van der Waals surface area contributed by atoms with Gasteiger partial charge in [0.15, 0.2) is 0 Å². The van der Waals surface area contributed by atoms with Crippen molar-refractivity contribution in [2.24, 2.45) is 0 Å². The van der Waals surface area contributed by atoms with E-state index in [1.807, 2.05) is 18.2 Å². The Morgan fingerprint density at radius 3 is 2.88 bits per heavy atom. The van der Waals surface area contributed by atoms with Crippen molar-refractivity contribution in [3.05, 3.63) is 39.1 Å². The highest BCUT2D eigenvalue weighted by atomic mass is 79.9. The highest BCUT2D eigenvalue weighted by Gasteiger charge is 2.06. The molecule has 0 unspecified atom stereocenters. The Hall–Kier alpha value is -0.520. The van der Waals surface area contributed by atoms with Crippen LogP contribution in [0.1, 0.15) is 11.5 Å². The Labute approximate surface area is 111 Å². The third-order valence-electron chi connectivity index (χ3n) is 1.87. The number of hydrogen-bond donors (Lipinski definition) is 0. The summed E-state index contributed by atoms with van der Waals surface area (Å²) in [4.78, 5) is 0. The SMILES string of the molecule is Cc1nnc(SCc2ccc(Br)cc2Cl)o1. The number of thioether (sulfide) groups is 1. The molecular weight excluding hydrogens is 312 g/mol. The van der Waals surface area contributed by atoms with Crippen molar-refractivity contribution in [3.8, 4) is 0 Å². The highest BCUT2D eigenvalue weighted by molar-refractivity contribution is 9.10. The summed E-state index contributed by atoms with van der Waals surface area (Å²) in [5.41, 5.74) is 1.05. The summed E-state index contributed by atoms with van der Waals surface area (Å²) in [6, 6.07) is 5.81. The summed E-state index contributed by atoms with van der Waals surface area (Å²) in [6.07, 6.45) is 0. The van der Waals surface area contributed by atoms with Gasteiger partial charge in [-0.3, -0.25) is 0 Å². The molecule has 0 aliphatic carbocycles. The number of nitrogens with zero attached hydrogens (tertiary/aromatic N) is 2. The third-order valence-corrected chi connectivity index (χ3v) is 3.59. The summed E-state index contributed by atoms with van der Waals surface area (Å²) in [6.45, 7) is 1.77.